The van der Waals surface area contributed by atoms with Crippen molar-refractivity contribution in [3.8, 4) is 0 Å². The Balaban J connectivity index is 1.77. The lowest BCUT2D eigenvalue weighted by Crippen LogP contribution is -2.40. The predicted octanol–water partition coefficient (Wildman–Crippen LogP) is 2.65. The zero-order chi connectivity index (χ0) is 13.0. The first kappa shape index (κ1) is 13.5. The van der Waals surface area contributed by atoms with Crippen LogP contribution in [0.25, 0.3) is 0 Å². The number of halogens is 1. The van der Waals surface area contributed by atoms with Crippen LogP contribution < -0.4 is 5.32 Å². The molecule has 1 N–H and O–H groups in total. The summed E-state index contributed by atoms with van der Waals surface area (Å²) in [6.45, 7) is 5.49. The Labute approximate surface area is 109 Å². The lowest BCUT2D eigenvalue weighted by Gasteiger charge is -2.33. The van der Waals surface area contributed by atoms with Crippen molar-refractivity contribution in [2.45, 2.75) is 32.4 Å². The zero-order valence-electron chi connectivity index (χ0n) is 11.3. The van der Waals surface area contributed by atoms with Gasteiger partial charge in [-0.15, -0.1) is 0 Å². The van der Waals surface area contributed by atoms with Crippen molar-refractivity contribution in [1.82, 2.24) is 10.2 Å². The van der Waals surface area contributed by atoms with Gasteiger partial charge < -0.3 is 10.2 Å². The summed E-state index contributed by atoms with van der Waals surface area (Å²) in [6.07, 6.45) is 2.54. The Morgan fingerprint density at radius 2 is 1.89 bits per heavy atom. The molecule has 0 spiro atoms. The van der Waals surface area contributed by atoms with E-state index in [2.05, 4.69) is 24.2 Å². The molecular weight excluding hydrogens is 227 g/mol. The number of rotatable bonds is 4. The third-order valence-corrected chi connectivity index (χ3v) is 4.01. The Hall–Kier alpha value is -0.930. The molecule has 1 aromatic rings. The highest BCUT2D eigenvalue weighted by atomic mass is 19.1. The fourth-order valence-electron chi connectivity index (χ4n) is 2.58. The SMILES string of the molecule is CC(NCc1ccc(F)cc1)C1CCN(C)CC1. The number of benzene rings is 1. The summed E-state index contributed by atoms with van der Waals surface area (Å²) in [7, 11) is 2.19. The van der Waals surface area contributed by atoms with Gasteiger partial charge in [-0.05, 0) is 63.5 Å². The van der Waals surface area contributed by atoms with E-state index in [-0.39, 0.29) is 5.82 Å². The molecule has 0 amide bonds. The van der Waals surface area contributed by atoms with Crippen LogP contribution in [0.15, 0.2) is 24.3 Å². The van der Waals surface area contributed by atoms with Gasteiger partial charge in [0.15, 0.2) is 0 Å². The lowest BCUT2D eigenvalue weighted by atomic mass is 9.90. The van der Waals surface area contributed by atoms with Crippen molar-refractivity contribution in [3.05, 3.63) is 35.6 Å². The van der Waals surface area contributed by atoms with Crippen molar-refractivity contribution < 1.29 is 4.39 Å². The first-order chi connectivity index (χ1) is 8.65. The van der Waals surface area contributed by atoms with E-state index in [0.717, 1.165) is 18.0 Å². The first-order valence-electron chi connectivity index (χ1n) is 6.81. The molecule has 3 heteroatoms. The molecular formula is C15H23FN2. The standard InChI is InChI=1S/C15H23FN2/c1-12(14-7-9-18(2)10-8-14)17-11-13-3-5-15(16)6-4-13/h3-6,12,14,17H,7-11H2,1-2H3. The second-order valence-corrected chi connectivity index (χ2v) is 5.44. The van der Waals surface area contributed by atoms with E-state index >= 15 is 0 Å². The third-order valence-electron chi connectivity index (χ3n) is 4.01. The number of piperidine rings is 1. The van der Waals surface area contributed by atoms with Crippen LogP contribution in [0.3, 0.4) is 0 Å². The lowest BCUT2D eigenvalue weighted by molar-refractivity contribution is 0.189. The summed E-state index contributed by atoms with van der Waals surface area (Å²) in [5.41, 5.74) is 1.15. The third kappa shape index (κ3) is 3.79. The fraction of sp³-hybridized carbons (Fsp3) is 0.600. The van der Waals surface area contributed by atoms with Crippen LogP contribution >= 0.6 is 0 Å². The molecule has 1 fully saturated rings. The van der Waals surface area contributed by atoms with Gasteiger partial charge in [0, 0.05) is 12.6 Å². The van der Waals surface area contributed by atoms with Gasteiger partial charge in [0.1, 0.15) is 5.82 Å². The molecule has 0 radical (unpaired) electrons. The summed E-state index contributed by atoms with van der Waals surface area (Å²) < 4.78 is 12.8. The van der Waals surface area contributed by atoms with E-state index in [9.17, 15) is 4.39 Å². The largest absolute Gasteiger partial charge is 0.310 e. The first-order valence-corrected chi connectivity index (χ1v) is 6.81. The molecule has 1 saturated heterocycles. The molecule has 1 heterocycles. The molecule has 0 aliphatic carbocycles. The van der Waals surface area contributed by atoms with Gasteiger partial charge in [-0.3, -0.25) is 0 Å². The van der Waals surface area contributed by atoms with Gasteiger partial charge in [0.25, 0.3) is 0 Å². The van der Waals surface area contributed by atoms with Gasteiger partial charge in [0.05, 0.1) is 0 Å². The Morgan fingerprint density at radius 1 is 1.28 bits per heavy atom. The molecule has 0 bridgehead atoms. The molecule has 0 saturated carbocycles. The normalized spacial score (nSPS) is 19.9. The summed E-state index contributed by atoms with van der Waals surface area (Å²) in [4.78, 5) is 2.39. The summed E-state index contributed by atoms with van der Waals surface area (Å²) in [5, 5.41) is 3.56. The van der Waals surface area contributed by atoms with E-state index in [0.29, 0.717) is 6.04 Å². The van der Waals surface area contributed by atoms with E-state index in [1.807, 2.05) is 12.1 Å². The van der Waals surface area contributed by atoms with E-state index in [1.165, 1.54) is 38.1 Å². The monoisotopic (exact) mass is 250 g/mol. The highest BCUT2D eigenvalue weighted by Crippen LogP contribution is 2.19. The highest BCUT2D eigenvalue weighted by molar-refractivity contribution is 5.15. The van der Waals surface area contributed by atoms with Crippen LogP contribution in [0.4, 0.5) is 4.39 Å². The van der Waals surface area contributed by atoms with Gasteiger partial charge in [-0.1, -0.05) is 12.1 Å². The Morgan fingerprint density at radius 3 is 2.50 bits per heavy atom. The molecule has 100 valence electrons. The van der Waals surface area contributed by atoms with Gasteiger partial charge >= 0.3 is 0 Å². The van der Waals surface area contributed by atoms with E-state index in [4.69, 9.17) is 0 Å². The summed E-state index contributed by atoms with van der Waals surface area (Å²) >= 11 is 0. The summed E-state index contributed by atoms with van der Waals surface area (Å²) in [6, 6.07) is 7.28. The summed E-state index contributed by atoms with van der Waals surface area (Å²) in [5.74, 6) is 0.601. The highest BCUT2D eigenvalue weighted by Gasteiger charge is 2.21. The molecule has 1 aliphatic heterocycles. The predicted molar refractivity (Wildman–Crippen MR) is 72.9 cm³/mol. The quantitative estimate of drug-likeness (QED) is 0.883. The van der Waals surface area contributed by atoms with Crippen LogP contribution in [0.2, 0.25) is 0 Å². The van der Waals surface area contributed by atoms with Gasteiger partial charge in [0.2, 0.25) is 0 Å². The minimum absolute atomic E-state index is 0.165. The molecule has 1 aliphatic rings. The van der Waals surface area contributed by atoms with E-state index in [1.54, 1.807) is 0 Å². The fourth-order valence-corrected chi connectivity index (χ4v) is 2.58. The molecule has 0 aromatic heterocycles. The maximum absolute atomic E-state index is 12.8. The maximum atomic E-state index is 12.8. The van der Waals surface area contributed by atoms with Crippen LogP contribution in [-0.2, 0) is 6.54 Å². The number of nitrogens with one attached hydrogen (secondary N) is 1. The second-order valence-electron chi connectivity index (χ2n) is 5.44. The van der Waals surface area contributed by atoms with Gasteiger partial charge in [-0.25, -0.2) is 4.39 Å². The minimum Gasteiger partial charge on any atom is -0.310 e. The second kappa shape index (κ2) is 6.30. The Bertz CT molecular complexity index is 355. The van der Waals surface area contributed by atoms with Crippen molar-refractivity contribution in [2.24, 2.45) is 5.92 Å². The topological polar surface area (TPSA) is 15.3 Å². The van der Waals surface area contributed by atoms with Crippen LogP contribution in [-0.4, -0.2) is 31.1 Å². The average molecular weight is 250 g/mol. The number of hydrogen-bond acceptors (Lipinski definition) is 2. The van der Waals surface area contributed by atoms with Crippen molar-refractivity contribution >= 4 is 0 Å². The minimum atomic E-state index is -0.165. The van der Waals surface area contributed by atoms with Crippen LogP contribution in [0, 0.1) is 11.7 Å². The molecule has 2 rings (SSSR count). The maximum Gasteiger partial charge on any atom is 0.123 e. The van der Waals surface area contributed by atoms with E-state index < -0.39 is 0 Å². The van der Waals surface area contributed by atoms with Crippen molar-refractivity contribution in [1.29, 1.82) is 0 Å². The molecule has 18 heavy (non-hydrogen) atoms. The zero-order valence-corrected chi connectivity index (χ0v) is 11.3. The molecule has 2 nitrogen and oxygen atoms in total. The van der Waals surface area contributed by atoms with Crippen molar-refractivity contribution in [3.63, 3.8) is 0 Å². The van der Waals surface area contributed by atoms with Crippen LogP contribution in [0.5, 0.6) is 0 Å². The number of likely N-dealkylation sites (tertiary alicyclic amines) is 1. The average Bonchev–Trinajstić information content (AvgIpc) is 2.38. The smallest absolute Gasteiger partial charge is 0.123 e. The molecule has 1 aromatic carbocycles. The number of hydrogen-bond donors (Lipinski definition) is 1. The van der Waals surface area contributed by atoms with Gasteiger partial charge in [-0.2, -0.15) is 0 Å². The Kier molecular flexibility index (Phi) is 4.72. The van der Waals surface area contributed by atoms with Crippen molar-refractivity contribution in [2.75, 3.05) is 20.1 Å². The molecule has 1 atom stereocenters. The van der Waals surface area contributed by atoms with Crippen LogP contribution in [0.1, 0.15) is 25.3 Å². The number of nitrogens with zero attached hydrogens (tertiary/aromatic N) is 1. The molecule has 1 unspecified atom stereocenters.